The summed E-state index contributed by atoms with van der Waals surface area (Å²) in [6.07, 6.45) is 0. The SMILES string of the molecule is Cl.N[C@H](c1cccs1)c1cc2c(cc1Br)OCO2. The Morgan fingerprint density at radius 2 is 2.00 bits per heavy atom. The standard InChI is InChI=1S/C12H10BrNO2S.ClH/c13-8-5-10-9(15-6-16-10)4-7(8)12(14)11-2-1-3-17-11;/h1-5,12H,6,14H2;1H/t12-;/m0./s1. The van der Waals surface area contributed by atoms with Crippen LogP contribution in [0.4, 0.5) is 0 Å². The molecule has 18 heavy (non-hydrogen) atoms. The molecule has 1 aliphatic heterocycles. The van der Waals surface area contributed by atoms with Crippen molar-refractivity contribution in [2.75, 3.05) is 6.79 Å². The Labute approximate surface area is 123 Å². The van der Waals surface area contributed by atoms with E-state index < -0.39 is 0 Å². The molecule has 0 bridgehead atoms. The van der Waals surface area contributed by atoms with E-state index in [0.717, 1.165) is 26.4 Å². The van der Waals surface area contributed by atoms with Crippen molar-refractivity contribution in [1.29, 1.82) is 0 Å². The van der Waals surface area contributed by atoms with Gasteiger partial charge in [0.25, 0.3) is 0 Å². The first-order chi connectivity index (χ1) is 8.25. The van der Waals surface area contributed by atoms with Crippen LogP contribution in [0, 0.1) is 0 Å². The third kappa shape index (κ3) is 2.36. The molecule has 1 aliphatic rings. The Morgan fingerprint density at radius 3 is 2.67 bits per heavy atom. The molecule has 3 nitrogen and oxygen atoms in total. The van der Waals surface area contributed by atoms with Gasteiger partial charge in [-0.1, -0.05) is 22.0 Å². The fraction of sp³-hybridized carbons (Fsp3) is 0.167. The van der Waals surface area contributed by atoms with E-state index in [4.69, 9.17) is 15.2 Å². The lowest BCUT2D eigenvalue weighted by Crippen LogP contribution is -2.10. The molecule has 0 fully saturated rings. The topological polar surface area (TPSA) is 44.5 Å². The van der Waals surface area contributed by atoms with Crippen molar-refractivity contribution in [1.82, 2.24) is 0 Å². The molecule has 96 valence electrons. The van der Waals surface area contributed by atoms with Crippen LogP contribution in [-0.2, 0) is 0 Å². The van der Waals surface area contributed by atoms with Crippen molar-refractivity contribution in [2.45, 2.75) is 6.04 Å². The Balaban J connectivity index is 0.00000120. The van der Waals surface area contributed by atoms with Crippen molar-refractivity contribution < 1.29 is 9.47 Å². The zero-order valence-corrected chi connectivity index (χ0v) is 12.5. The van der Waals surface area contributed by atoms with Crippen LogP contribution in [0.15, 0.2) is 34.1 Å². The first kappa shape index (κ1) is 13.7. The average molecular weight is 349 g/mol. The molecule has 6 heteroatoms. The maximum Gasteiger partial charge on any atom is 0.231 e. The molecule has 1 atom stereocenters. The number of ether oxygens (including phenoxy) is 2. The molecule has 0 aliphatic carbocycles. The second kappa shape index (κ2) is 5.48. The molecular formula is C12H11BrClNO2S. The maximum absolute atomic E-state index is 6.24. The summed E-state index contributed by atoms with van der Waals surface area (Å²) < 4.78 is 11.6. The number of rotatable bonds is 2. The Morgan fingerprint density at radius 1 is 1.28 bits per heavy atom. The van der Waals surface area contributed by atoms with E-state index in [1.807, 2.05) is 29.6 Å². The van der Waals surface area contributed by atoms with Crippen LogP contribution < -0.4 is 15.2 Å². The maximum atomic E-state index is 6.24. The summed E-state index contributed by atoms with van der Waals surface area (Å²) in [7, 11) is 0. The summed E-state index contributed by atoms with van der Waals surface area (Å²) in [6, 6.07) is 7.74. The molecule has 0 saturated heterocycles. The quantitative estimate of drug-likeness (QED) is 0.900. The molecule has 1 aromatic heterocycles. The van der Waals surface area contributed by atoms with E-state index in [1.165, 1.54) is 0 Å². The lowest BCUT2D eigenvalue weighted by Gasteiger charge is -2.13. The van der Waals surface area contributed by atoms with Crippen LogP contribution in [0.25, 0.3) is 0 Å². The van der Waals surface area contributed by atoms with Crippen LogP contribution in [0.1, 0.15) is 16.5 Å². The fourth-order valence-electron chi connectivity index (χ4n) is 1.79. The highest BCUT2D eigenvalue weighted by atomic mass is 79.9. The second-order valence-electron chi connectivity index (χ2n) is 3.72. The summed E-state index contributed by atoms with van der Waals surface area (Å²) in [4.78, 5) is 1.13. The Kier molecular flexibility index (Phi) is 4.17. The van der Waals surface area contributed by atoms with E-state index >= 15 is 0 Å². The third-order valence-electron chi connectivity index (χ3n) is 2.68. The minimum Gasteiger partial charge on any atom is -0.454 e. The first-order valence-electron chi connectivity index (χ1n) is 5.14. The van der Waals surface area contributed by atoms with Crippen molar-refractivity contribution >= 4 is 39.7 Å². The fourth-order valence-corrected chi connectivity index (χ4v) is 3.11. The molecule has 0 spiro atoms. The van der Waals surface area contributed by atoms with E-state index in [0.29, 0.717) is 0 Å². The molecule has 2 heterocycles. The van der Waals surface area contributed by atoms with Gasteiger partial charge in [0.15, 0.2) is 11.5 Å². The summed E-state index contributed by atoms with van der Waals surface area (Å²) in [5.41, 5.74) is 7.25. The summed E-state index contributed by atoms with van der Waals surface area (Å²) >= 11 is 5.18. The van der Waals surface area contributed by atoms with Gasteiger partial charge in [0.05, 0.1) is 6.04 Å². The largest absolute Gasteiger partial charge is 0.454 e. The molecule has 0 amide bonds. The van der Waals surface area contributed by atoms with Crippen LogP contribution in [0.5, 0.6) is 11.5 Å². The highest BCUT2D eigenvalue weighted by Crippen LogP contribution is 2.40. The number of benzene rings is 1. The normalized spacial score (nSPS) is 14.1. The number of thiophene rings is 1. The predicted molar refractivity (Wildman–Crippen MR) is 77.9 cm³/mol. The molecule has 2 N–H and O–H groups in total. The second-order valence-corrected chi connectivity index (χ2v) is 5.55. The van der Waals surface area contributed by atoms with Crippen molar-refractivity contribution in [3.8, 4) is 11.5 Å². The highest BCUT2D eigenvalue weighted by Gasteiger charge is 2.20. The summed E-state index contributed by atoms with van der Waals surface area (Å²) in [5.74, 6) is 1.52. The van der Waals surface area contributed by atoms with Gasteiger partial charge in [0.1, 0.15) is 0 Å². The zero-order chi connectivity index (χ0) is 11.8. The van der Waals surface area contributed by atoms with Crippen molar-refractivity contribution in [2.24, 2.45) is 5.73 Å². The summed E-state index contributed by atoms with van der Waals surface area (Å²) in [5, 5.41) is 2.02. The minimum atomic E-state index is -0.140. The molecule has 3 rings (SSSR count). The van der Waals surface area contributed by atoms with Gasteiger partial charge >= 0.3 is 0 Å². The zero-order valence-electron chi connectivity index (χ0n) is 9.26. The van der Waals surface area contributed by atoms with Gasteiger partial charge in [-0.2, -0.15) is 0 Å². The number of hydrogen-bond donors (Lipinski definition) is 1. The third-order valence-corrected chi connectivity index (χ3v) is 4.32. The monoisotopic (exact) mass is 347 g/mol. The molecular weight excluding hydrogens is 338 g/mol. The lowest BCUT2D eigenvalue weighted by atomic mass is 10.1. The molecule has 2 aromatic rings. The minimum absolute atomic E-state index is 0. The van der Waals surface area contributed by atoms with Gasteiger partial charge in [-0.3, -0.25) is 0 Å². The van der Waals surface area contributed by atoms with Gasteiger partial charge in [-0.25, -0.2) is 0 Å². The van der Waals surface area contributed by atoms with Gasteiger partial charge in [0, 0.05) is 9.35 Å². The first-order valence-corrected chi connectivity index (χ1v) is 6.81. The molecule has 0 unspecified atom stereocenters. The van der Waals surface area contributed by atoms with E-state index in [9.17, 15) is 0 Å². The summed E-state index contributed by atoms with van der Waals surface area (Å²) in [6.45, 7) is 0.277. The van der Waals surface area contributed by atoms with Crippen molar-refractivity contribution in [3.05, 3.63) is 44.6 Å². The average Bonchev–Trinajstić information content (AvgIpc) is 2.97. The van der Waals surface area contributed by atoms with E-state index in [-0.39, 0.29) is 25.2 Å². The van der Waals surface area contributed by atoms with E-state index in [1.54, 1.807) is 11.3 Å². The Bertz CT molecular complexity index is 547. The Hall–Kier alpha value is -0.750. The highest BCUT2D eigenvalue weighted by molar-refractivity contribution is 9.10. The lowest BCUT2D eigenvalue weighted by molar-refractivity contribution is 0.174. The van der Waals surface area contributed by atoms with Gasteiger partial charge in [-0.15, -0.1) is 23.7 Å². The van der Waals surface area contributed by atoms with Gasteiger partial charge < -0.3 is 15.2 Å². The van der Waals surface area contributed by atoms with Crippen LogP contribution in [0.2, 0.25) is 0 Å². The van der Waals surface area contributed by atoms with Gasteiger partial charge in [-0.05, 0) is 29.1 Å². The smallest absolute Gasteiger partial charge is 0.231 e. The predicted octanol–water partition coefficient (Wildman–Crippen LogP) is 3.71. The number of fused-ring (bicyclic) bond motifs is 1. The molecule has 0 radical (unpaired) electrons. The molecule has 0 saturated carbocycles. The number of nitrogens with two attached hydrogens (primary N) is 1. The van der Waals surface area contributed by atoms with Crippen LogP contribution >= 0.6 is 39.7 Å². The van der Waals surface area contributed by atoms with Crippen LogP contribution in [-0.4, -0.2) is 6.79 Å². The van der Waals surface area contributed by atoms with Gasteiger partial charge in [0.2, 0.25) is 6.79 Å². The number of hydrogen-bond acceptors (Lipinski definition) is 4. The van der Waals surface area contributed by atoms with Crippen molar-refractivity contribution in [3.63, 3.8) is 0 Å². The molecule has 1 aromatic carbocycles. The van der Waals surface area contributed by atoms with Crippen LogP contribution in [0.3, 0.4) is 0 Å². The number of halogens is 2. The van der Waals surface area contributed by atoms with E-state index in [2.05, 4.69) is 15.9 Å².